The molecule has 8 heteroatoms. The van der Waals surface area contributed by atoms with Gasteiger partial charge in [-0.05, 0) is 60.7 Å². The largest absolute Gasteiger partial charge is 0.378 e. The number of aromatic nitrogens is 1. The minimum atomic E-state index is -0.778. The topological polar surface area (TPSA) is 74.7 Å². The fourth-order valence-electron chi connectivity index (χ4n) is 3.31. The average molecular weight is 479 g/mol. The Bertz CT molecular complexity index is 1210. The molecule has 0 saturated carbocycles. The summed E-state index contributed by atoms with van der Waals surface area (Å²) in [6.45, 7) is 0. The van der Waals surface area contributed by atoms with Gasteiger partial charge in [0, 0.05) is 41.8 Å². The van der Waals surface area contributed by atoms with Crippen molar-refractivity contribution in [1.29, 1.82) is 0 Å². The summed E-state index contributed by atoms with van der Waals surface area (Å²) in [6.07, 6.45) is 3.34. The Morgan fingerprint density at radius 1 is 0.935 bits per heavy atom. The van der Waals surface area contributed by atoms with E-state index in [4.69, 9.17) is 0 Å². The normalized spacial score (nSPS) is 15.4. The molecule has 1 fully saturated rings. The predicted octanol–water partition coefficient (Wildman–Crippen LogP) is 3.97. The van der Waals surface area contributed by atoms with E-state index in [1.165, 1.54) is 6.08 Å². The van der Waals surface area contributed by atoms with Crippen molar-refractivity contribution in [2.24, 2.45) is 0 Å². The Labute approximate surface area is 187 Å². The summed E-state index contributed by atoms with van der Waals surface area (Å²) < 4.78 is 2.58. The smallest absolute Gasteiger partial charge is 0.335 e. The number of hydrogen-bond acceptors (Lipinski definition) is 4. The molecule has 0 spiro atoms. The van der Waals surface area contributed by atoms with Gasteiger partial charge in [0.05, 0.1) is 5.69 Å². The van der Waals surface area contributed by atoms with Crippen molar-refractivity contribution in [1.82, 2.24) is 9.88 Å². The molecule has 0 bridgehead atoms. The molecule has 7 nitrogen and oxygen atoms in total. The van der Waals surface area contributed by atoms with Gasteiger partial charge in [-0.15, -0.1) is 0 Å². The van der Waals surface area contributed by atoms with E-state index in [-0.39, 0.29) is 5.57 Å². The van der Waals surface area contributed by atoms with Crippen LogP contribution in [0.3, 0.4) is 0 Å². The summed E-state index contributed by atoms with van der Waals surface area (Å²) in [5, 5.41) is 2.25. The number of amides is 4. The van der Waals surface area contributed by atoms with Gasteiger partial charge in [0.2, 0.25) is 0 Å². The SMILES string of the molecule is CN(C)c1ccc(-n2cccc2/C=C2\C(=O)NC(=O)N(c3cccc(Br)c3)C2=O)cc1. The molecule has 1 aliphatic heterocycles. The summed E-state index contributed by atoms with van der Waals surface area (Å²) in [6, 6.07) is 17.5. The number of urea groups is 1. The molecule has 1 N–H and O–H groups in total. The quantitative estimate of drug-likeness (QED) is 0.454. The number of nitrogens with one attached hydrogen (secondary N) is 1. The van der Waals surface area contributed by atoms with Crippen LogP contribution in [0.1, 0.15) is 5.69 Å². The number of halogens is 1. The standard InChI is InChI=1S/C23H19BrN4O3/c1-26(2)16-8-10-17(11-9-16)27-12-4-7-18(27)14-20-21(29)25-23(31)28(22(20)30)19-6-3-5-15(24)13-19/h3-14H,1-2H3,(H,25,29,31)/b20-14+. The van der Waals surface area contributed by atoms with Crippen molar-refractivity contribution in [2.45, 2.75) is 0 Å². The molecule has 1 aliphatic rings. The minimum absolute atomic E-state index is 0.121. The lowest BCUT2D eigenvalue weighted by molar-refractivity contribution is -0.122. The third-order valence-corrected chi connectivity index (χ3v) is 5.38. The number of imide groups is 2. The number of nitrogens with zero attached hydrogens (tertiary/aromatic N) is 3. The molecule has 4 amide bonds. The van der Waals surface area contributed by atoms with Crippen molar-refractivity contribution in [3.05, 3.63) is 82.6 Å². The van der Waals surface area contributed by atoms with Crippen LogP contribution in [-0.4, -0.2) is 36.5 Å². The zero-order chi connectivity index (χ0) is 22.1. The van der Waals surface area contributed by atoms with Crippen LogP contribution < -0.4 is 15.1 Å². The van der Waals surface area contributed by atoms with Crippen molar-refractivity contribution < 1.29 is 14.4 Å². The number of carbonyl (C=O) groups is 3. The first kappa shape index (κ1) is 20.6. The van der Waals surface area contributed by atoms with Crippen molar-refractivity contribution >= 4 is 51.2 Å². The van der Waals surface area contributed by atoms with Gasteiger partial charge in [-0.2, -0.15) is 0 Å². The molecular weight excluding hydrogens is 460 g/mol. The Balaban J connectivity index is 1.71. The van der Waals surface area contributed by atoms with Gasteiger partial charge < -0.3 is 9.47 Å². The maximum atomic E-state index is 13.1. The van der Waals surface area contributed by atoms with Gasteiger partial charge in [-0.1, -0.05) is 22.0 Å². The molecule has 0 radical (unpaired) electrons. The summed E-state index contributed by atoms with van der Waals surface area (Å²) >= 11 is 3.34. The van der Waals surface area contributed by atoms with Gasteiger partial charge in [0.25, 0.3) is 11.8 Å². The van der Waals surface area contributed by atoms with Crippen LogP contribution in [0.4, 0.5) is 16.2 Å². The maximum Gasteiger partial charge on any atom is 0.335 e. The molecule has 4 rings (SSSR count). The van der Waals surface area contributed by atoms with Crippen LogP contribution in [0.15, 0.2) is 76.9 Å². The first-order chi connectivity index (χ1) is 14.8. The average Bonchev–Trinajstić information content (AvgIpc) is 3.19. The Hall–Kier alpha value is -3.65. The number of benzene rings is 2. The third kappa shape index (κ3) is 4.02. The molecule has 156 valence electrons. The summed E-state index contributed by atoms with van der Waals surface area (Å²) in [7, 11) is 3.93. The lowest BCUT2D eigenvalue weighted by atomic mass is 10.1. The second kappa shape index (κ2) is 8.23. The zero-order valence-electron chi connectivity index (χ0n) is 16.9. The summed E-state index contributed by atoms with van der Waals surface area (Å²) in [4.78, 5) is 40.9. The van der Waals surface area contributed by atoms with E-state index < -0.39 is 17.8 Å². The minimum Gasteiger partial charge on any atom is -0.378 e. The first-order valence-corrected chi connectivity index (χ1v) is 10.3. The fraction of sp³-hybridized carbons (Fsp3) is 0.0870. The second-order valence-corrected chi connectivity index (χ2v) is 8.07. The molecule has 2 aromatic carbocycles. The molecule has 31 heavy (non-hydrogen) atoms. The van der Waals surface area contributed by atoms with Crippen LogP contribution in [0.2, 0.25) is 0 Å². The maximum absolute atomic E-state index is 13.1. The molecule has 0 unspecified atom stereocenters. The molecule has 2 heterocycles. The highest BCUT2D eigenvalue weighted by Gasteiger charge is 2.37. The van der Waals surface area contributed by atoms with E-state index in [0.717, 1.165) is 16.3 Å². The number of carbonyl (C=O) groups excluding carboxylic acids is 3. The fourth-order valence-corrected chi connectivity index (χ4v) is 3.70. The van der Waals surface area contributed by atoms with E-state index in [1.807, 2.05) is 60.1 Å². The summed E-state index contributed by atoms with van der Waals surface area (Å²) in [5.41, 5.74) is 2.82. The van der Waals surface area contributed by atoms with Gasteiger partial charge >= 0.3 is 6.03 Å². The van der Waals surface area contributed by atoms with E-state index >= 15 is 0 Å². The second-order valence-electron chi connectivity index (χ2n) is 7.15. The highest BCUT2D eigenvalue weighted by molar-refractivity contribution is 9.10. The first-order valence-electron chi connectivity index (χ1n) is 9.47. The van der Waals surface area contributed by atoms with Crippen molar-refractivity contribution in [2.75, 3.05) is 23.9 Å². The van der Waals surface area contributed by atoms with Crippen LogP contribution in [-0.2, 0) is 9.59 Å². The Morgan fingerprint density at radius 3 is 2.35 bits per heavy atom. The molecule has 1 aromatic heterocycles. The molecule has 3 aromatic rings. The van der Waals surface area contributed by atoms with E-state index in [1.54, 1.807) is 30.3 Å². The van der Waals surface area contributed by atoms with E-state index in [9.17, 15) is 14.4 Å². The number of barbiturate groups is 1. The molecule has 0 atom stereocenters. The highest BCUT2D eigenvalue weighted by Crippen LogP contribution is 2.25. The number of hydrogen-bond donors (Lipinski definition) is 1. The highest BCUT2D eigenvalue weighted by atomic mass is 79.9. The number of rotatable bonds is 4. The van der Waals surface area contributed by atoms with Crippen molar-refractivity contribution in [3.63, 3.8) is 0 Å². The lowest BCUT2D eigenvalue weighted by Gasteiger charge is -2.26. The van der Waals surface area contributed by atoms with Crippen LogP contribution in [0.25, 0.3) is 11.8 Å². The van der Waals surface area contributed by atoms with Crippen LogP contribution in [0.5, 0.6) is 0 Å². The monoisotopic (exact) mass is 478 g/mol. The van der Waals surface area contributed by atoms with Crippen LogP contribution in [0, 0.1) is 0 Å². The Kier molecular flexibility index (Phi) is 5.48. The van der Waals surface area contributed by atoms with Gasteiger partial charge in [-0.25, -0.2) is 9.69 Å². The summed E-state index contributed by atoms with van der Waals surface area (Å²) in [5.74, 6) is -1.40. The van der Waals surface area contributed by atoms with Gasteiger partial charge in [0.1, 0.15) is 5.57 Å². The van der Waals surface area contributed by atoms with Gasteiger partial charge in [-0.3, -0.25) is 14.9 Å². The van der Waals surface area contributed by atoms with Crippen molar-refractivity contribution in [3.8, 4) is 5.69 Å². The molecular formula is C23H19BrN4O3. The Morgan fingerprint density at radius 2 is 1.68 bits per heavy atom. The van der Waals surface area contributed by atoms with Gasteiger partial charge in [0.15, 0.2) is 0 Å². The third-order valence-electron chi connectivity index (χ3n) is 4.88. The predicted molar refractivity (Wildman–Crippen MR) is 123 cm³/mol. The van der Waals surface area contributed by atoms with E-state index in [0.29, 0.717) is 15.9 Å². The number of anilines is 2. The molecule has 1 saturated heterocycles. The zero-order valence-corrected chi connectivity index (χ0v) is 18.5. The van der Waals surface area contributed by atoms with Crippen LogP contribution >= 0.6 is 15.9 Å². The lowest BCUT2D eigenvalue weighted by Crippen LogP contribution is -2.54. The molecule has 0 aliphatic carbocycles. The van der Waals surface area contributed by atoms with E-state index in [2.05, 4.69) is 21.2 Å².